The number of rotatable bonds is 9. The summed E-state index contributed by atoms with van der Waals surface area (Å²) in [5.41, 5.74) is 3.56. The number of hydrogen-bond donors (Lipinski definition) is 4. The molecular weight excluding hydrogens is 520 g/mol. The quantitative estimate of drug-likeness (QED) is 0.129. The minimum Gasteiger partial charge on any atom is -0.361 e. The van der Waals surface area contributed by atoms with Crippen LogP contribution in [-0.2, 0) is 9.59 Å². The normalized spacial score (nSPS) is 11.2. The number of para-hydroxylation sites is 2. The monoisotopic (exact) mass is 546 g/mol. The van der Waals surface area contributed by atoms with Crippen LogP contribution >= 0.6 is 11.8 Å². The first-order valence-electron chi connectivity index (χ1n) is 12.6. The van der Waals surface area contributed by atoms with Crippen molar-refractivity contribution in [1.82, 2.24) is 10.3 Å². The average molecular weight is 547 g/mol. The second-order valence-electron chi connectivity index (χ2n) is 8.85. The van der Waals surface area contributed by atoms with E-state index in [1.807, 2.05) is 72.8 Å². The smallest absolute Gasteiger partial charge is 0.272 e. The van der Waals surface area contributed by atoms with Crippen molar-refractivity contribution in [1.29, 1.82) is 0 Å². The molecule has 0 saturated carbocycles. The lowest BCUT2D eigenvalue weighted by molar-refractivity contribution is -0.114. The minimum atomic E-state index is -0.461. The van der Waals surface area contributed by atoms with Gasteiger partial charge in [-0.25, -0.2) is 0 Å². The molecule has 0 aliphatic rings. The maximum atomic E-state index is 13.4. The zero-order valence-corrected chi connectivity index (χ0v) is 22.2. The van der Waals surface area contributed by atoms with Crippen molar-refractivity contribution >= 4 is 57.8 Å². The molecule has 0 spiro atoms. The summed E-state index contributed by atoms with van der Waals surface area (Å²) in [7, 11) is 0. The Kier molecular flexibility index (Phi) is 8.38. The van der Waals surface area contributed by atoms with Gasteiger partial charge in [0, 0.05) is 44.5 Å². The number of nitrogens with one attached hydrogen (secondary N) is 4. The van der Waals surface area contributed by atoms with Crippen LogP contribution < -0.4 is 16.0 Å². The van der Waals surface area contributed by atoms with Crippen molar-refractivity contribution in [2.75, 3.05) is 16.4 Å². The summed E-state index contributed by atoms with van der Waals surface area (Å²) in [5, 5.41) is 9.42. The van der Waals surface area contributed by atoms with Crippen molar-refractivity contribution in [3.05, 3.63) is 132 Å². The van der Waals surface area contributed by atoms with Gasteiger partial charge in [-0.1, -0.05) is 54.6 Å². The van der Waals surface area contributed by atoms with Gasteiger partial charge in [-0.05, 0) is 60.7 Å². The molecule has 0 saturated heterocycles. The summed E-state index contributed by atoms with van der Waals surface area (Å²) in [6, 6.07) is 33.0. The third-order valence-electron chi connectivity index (χ3n) is 5.99. The van der Waals surface area contributed by atoms with Crippen LogP contribution in [0.2, 0.25) is 0 Å². The molecule has 4 aromatic carbocycles. The molecule has 0 aliphatic heterocycles. The topological polar surface area (TPSA) is 103 Å². The molecule has 0 atom stereocenters. The number of fused-ring (bicyclic) bond motifs is 1. The Morgan fingerprint density at radius 3 is 2.12 bits per heavy atom. The largest absolute Gasteiger partial charge is 0.361 e. The molecule has 4 N–H and O–H groups in total. The van der Waals surface area contributed by atoms with E-state index in [9.17, 15) is 14.4 Å². The molecule has 40 heavy (non-hydrogen) atoms. The maximum Gasteiger partial charge on any atom is 0.272 e. The van der Waals surface area contributed by atoms with E-state index >= 15 is 0 Å². The Balaban J connectivity index is 1.28. The van der Waals surface area contributed by atoms with Gasteiger partial charge in [-0.3, -0.25) is 14.4 Å². The van der Waals surface area contributed by atoms with E-state index < -0.39 is 5.91 Å². The van der Waals surface area contributed by atoms with E-state index in [4.69, 9.17) is 0 Å². The number of H-pyrrole nitrogens is 1. The number of anilines is 2. The van der Waals surface area contributed by atoms with E-state index in [-0.39, 0.29) is 23.3 Å². The van der Waals surface area contributed by atoms with Crippen LogP contribution in [0, 0.1) is 0 Å². The van der Waals surface area contributed by atoms with Crippen LogP contribution in [0.25, 0.3) is 17.0 Å². The zero-order valence-electron chi connectivity index (χ0n) is 21.4. The highest BCUT2D eigenvalue weighted by atomic mass is 32.2. The number of hydrogen-bond acceptors (Lipinski definition) is 4. The fraction of sp³-hybridized carbons (Fsp3) is 0.0312. The molecule has 3 amide bonds. The van der Waals surface area contributed by atoms with Gasteiger partial charge in [0.2, 0.25) is 5.91 Å². The van der Waals surface area contributed by atoms with Gasteiger partial charge in [0.25, 0.3) is 11.8 Å². The van der Waals surface area contributed by atoms with Crippen LogP contribution in [-0.4, -0.2) is 28.5 Å². The Morgan fingerprint density at radius 1 is 0.725 bits per heavy atom. The molecule has 7 nitrogen and oxygen atoms in total. The molecule has 0 bridgehead atoms. The summed E-state index contributed by atoms with van der Waals surface area (Å²) in [6.07, 6.45) is 3.46. The Hall–Kier alpha value is -5.08. The summed E-state index contributed by atoms with van der Waals surface area (Å²) >= 11 is 1.39. The van der Waals surface area contributed by atoms with E-state index in [0.29, 0.717) is 11.3 Å². The Morgan fingerprint density at radius 2 is 1.38 bits per heavy atom. The molecule has 198 valence electrons. The van der Waals surface area contributed by atoms with Crippen LogP contribution in [0.3, 0.4) is 0 Å². The maximum absolute atomic E-state index is 13.4. The fourth-order valence-electron chi connectivity index (χ4n) is 4.01. The van der Waals surface area contributed by atoms with Gasteiger partial charge >= 0.3 is 0 Å². The Bertz CT molecular complexity index is 1660. The van der Waals surface area contributed by atoms with E-state index in [0.717, 1.165) is 27.0 Å². The van der Waals surface area contributed by atoms with E-state index in [2.05, 4.69) is 20.9 Å². The van der Waals surface area contributed by atoms with Crippen LogP contribution in [0.15, 0.2) is 126 Å². The molecule has 1 aromatic heterocycles. The van der Waals surface area contributed by atoms with Crippen molar-refractivity contribution < 1.29 is 14.4 Å². The molecule has 8 heteroatoms. The number of amides is 3. The van der Waals surface area contributed by atoms with Crippen LogP contribution in [0.1, 0.15) is 15.9 Å². The number of aromatic amines is 1. The van der Waals surface area contributed by atoms with Crippen LogP contribution in [0.4, 0.5) is 11.4 Å². The lowest BCUT2D eigenvalue weighted by Gasteiger charge is -2.12. The second-order valence-corrected chi connectivity index (χ2v) is 9.90. The first-order valence-corrected chi connectivity index (χ1v) is 13.6. The summed E-state index contributed by atoms with van der Waals surface area (Å²) in [4.78, 5) is 42.6. The van der Waals surface area contributed by atoms with Gasteiger partial charge in [0.15, 0.2) is 0 Å². The van der Waals surface area contributed by atoms with Gasteiger partial charge in [-0.15, -0.1) is 11.8 Å². The lowest BCUT2D eigenvalue weighted by Crippen LogP contribution is -2.30. The van der Waals surface area contributed by atoms with Gasteiger partial charge < -0.3 is 20.9 Å². The first-order chi connectivity index (χ1) is 19.5. The molecule has 5 aromatic rings. The molecule has 0 aliphatic carbocycles. The summed E-state index contributed by atoms with van der Waals surface area (Å²) in [5.74, 6) is -0.696. The van der Waals surface area contributed by atoms with Crippen molar-refractivity contribution in [2.24, 2.45) is 0 Å². The minimum absolute atomic E-state index is 0.102. The van der Waals surface area contributed by atoms with Crippen molar-refractivity contribution in [3.8, 4) is 0 Å². The lowest BCUT2D eigenvalue weighted by atomic mass is 10.1. The average Bonchev–Trinajstić information content (AvgIpc) is 3.40. The zero-order chi connectivity index (χ0) is 27.7. The predicted molar refractivity (Wildman–Crippen MR) is 161 cm³/mol. The van der Waals surface area contributed by atoms with Crippen molar-refractivity contribution in [3.63, 3.8) is 0 Å². The molecule has 0 unspecified atom stereocenters. The fourth-order valence-corrected chi connectivity index (χ4v) is 4.71. The molecule has 0 radical (unpaired) electrons. The third-order valence-corrected chi connectivity index (χ3v) is 7.00. The highest BCUT2D eigenvalue weighted by Crippen LogP contribution is 2.23. The standard InChI is InChI=1S/C32H26N4O3S/c37-30(34-24-11-5-2-6-12-24)21-40-26-17-15-25(16-18-26)35-32(39)29(36-31(38)22-9-3-1-4-10-22)19-23-20-33-28-14-8-7-13-27(23)28/h1-20,33H,21H2,(H,34,37)(H,35,39)(H,36,38)/b29-19+. The summed E-state index contributed by atoms with van der Waals surface area (Å²) < 4.78 is 0. The van der Waals surface area contributed by atoms with Gasteiger partial charge in [0.05, 0.1) is 5.75 Å². The number of carbonyl (C=O) groups excluding carboxylic acids is 3. The summed E-state index contributed by atoms with van der Waals surface area (Å²) in [6.45, 7) is 0. The Labute approximate surface area is 235 Å². The molecular formula is C32H26N4O3S. The molecule has 0 fully saturated rings. The predicted octanol–water partition coefficient (Wildman–Crippen LogP) is 6.31. The van der Waals surface area contributed by atoms with E-state index in [1.165, 1.54) is 11.8 Å². The molecule has 1 heterocycles. The number of thioether (sulfide) groups is 1. The highest BCUT2D eigenvalue weighted by Gasteiger charge is 2.16. The molecule has 5 rings (SSSR count). The van der Waals surface area contributed by atoms with E-state index in [1.54, 1.807) is 48.7 Å². The van der Waals surface area contributed by atoms with Gasteiger partial charge in [0.1, 0.15) is 5.70 Å². The number of benzene rings is 4. The number of aromatic nitrogens is 1. The number of carbonyl (C=O) groups is 3. The van der Waals surface area contributed by atoms with Crippen molar-refractivity contribution in [2.45, 2.75) is 4.90 Å². The van der Waals surface area contributed by atoms with Gasteiger partial charge in [-0.2, -0.15) is 0 Å². The van der Waals surface area contributed by atoms with Crippen LogP contribution in [0.5, 0.6) is 0 Å². The first kappa shape index (κ1) is 26.5. The second kappa shape index (κ2) is 12.6. The SMILES string of the molecule is O=C(CSc1ccc(NC(=O)/C(=C\c2c[nH]c3ccccc23)NC(=O)c2ccccc2)cc1)Nc1ccccc1. The highest BCUT2D eigenvalue weighted by molar-refractivity contribution is 8.00. The third kappa shape index (κ3) is 6.86.